The predicted molar refractivity (Wildman–Crippen MR) is 72.9 cm³/mol. The smallest absolute Gasteiger partial charge is 0.119 e. The quantitative estimate of drug-likeness (QED) is 0.809. The summed E-state index contributed by atoms with van der Waals surface area (Å²) in [5.74, 6) is 0.828. The SMILES string of the molecule is CC[C@@H](O)c1ccc(OCCC(C)(C)OC)cc1. The molecule has 0 fully saturated rings. The molecule has 0 spiro atoms. The van der Waals surface area contributed by atoms with Crippen molar-refractivity contribution < 1.29 is 14.6 Å². The number of rotatable bonds is 7. The summed E-state index contributed by atoms with van der Waals surface area (Å²) in [6, 6.07) is 7.61. The molecule has 18 heavy (non-hydrogen) atoms. The molecule has 3 heteroatoms. The number of hydrogen-bond donors (Lipinski definition) is 1. The molecule has 1 aromatic rings. The van der Waals surface area contributed by atoms with Crippen LogP contribution in [-0.2, 0) is 4.74 Å². The number of methoxy groups -OCH3 is 1. The number of benzene rings is 1. The Bertz CT molecular complexity index is 343. The molecule has 0 aromatic heterocycles. The van der Waals surface area contributed by atoms with Crippen LogP contribution in [0.3, 0.4) is 0 Å². The maximum atomic E-state index is 9.68. The van der Waals surface area contributed by atoms with Crippen LogP contribution in [0.5, 0.6) is 5.75 Å². The lowest BCUT2D eigenvalue weighted by Gasteiger charge is -2.22. The molecule has 0 saturated heterocycles. The van der Waals surface area contributed by atoms with Crippen molar-refractivity contribution in [1.29, 1.82) is 0 Å². The molecule has 1 rings (SSSR count). The van der Waals surface area contributed by atoms with Crippen LogP contribution in [0, 0.1) is 0 Å². The van der Waals surface area contributed by atoms with Gasteiger partial charge in [0, 0.05) is 13.5 Å². The van der Waals surface area contributed by atoms with E-state index in [0.29, 0.717) is 6.61 Å². The highest BCUT2D eigenvalue weighted by molar-refractivity contribution is 5.28. The zero-order valence-electron chi connectivity index (χ0n) is 11.8. The first-order chi connectivity index (χ1) is 8.48. The first kappa shape index (κ1) is 15.0. The van der Waals surface area contributed by atoms with Gasteiger partial charge in [0.1, 0.15) is 5.75 Å². The lowest BCUT2D eigenvalue weighted by molar-refractivity contribution is 0.00545. The van der Waals surface area contributed by atoms with Crippen molar-refractivity contribution in [1.82, 2.24) is 0 Å². The lowest BCUT2D eigenvalue weighted by atomic mass is 10.1. The van der Waals surface area contributed by atoms with Crippen LogP contribution in [0.1, 0.15) is 45.3 Å². The van der Waals surface area contributed by atoms with Crippen LogP contribution >= 0.6 is 0 Å². The molecule has 0 heterocycles. The van der Waals surface area contributed by atoms with Gasteiger partial charge in [-0.1, -0.05) is 19.1 Å². The minimum atomic E-state index is -0.383. The molecule has 0 aliphatic rings. The summed E-state index contributed by atoms with van der Waals surface area (Å²) in [7, 11) is 1.71. The van der Waals surface area contributed by atoms with E-state index in [4.69, 9.17) is 9.47 Å². The fourth-order valence-electron chi connectivity index (χ4n) is 1.54. The molecule has 0 unspecified atom stereocenters. The third-order valence-corrected chi connectivity index (χ3v) is 3.18. The second kappa shape index (κ2) is 6.76. The number of ether oxygens (including phenoxy) is 2. The highest BCUT2D eigenvalue weighted by Gasteiger charge is 2.15. The van der Waals surface area contributed by atoms with E-state index in [1.807, 2.05) is 45.0 Å². The highest BCUT2D eigenvalue weighted by atomic mass is 16.5. The van der Waals surface area contributed by atoms with Crippen molar-refractivity contribution in [2.24, 2.45) is 0 Å². The molecular weight excluding hydrogens is 228 g/mol. The zero-order valence-corrected chi connectivity index (χ0v) is 11.8. The Morgan fingerprint density at radius 3 is 2.33 bits per heavy atom. The first-order valence-corrected chi connectivity index (χ1v) is 6.44. The largest absolute Gasteiger partial charge is 0.493 e. The van der Waals surface area contributed by atoms with Crippen LogP contribution in [0.4, 0.5) is 0 Å². The van der Waals surface area contributed by atoms with Crippen molar-refractivity contribution in [3.05, 3.63) is 29.8 Å². The van der Waals surface area contributed by atoms with Crippen LogP contribution in [0.25, 0.3) is 0 Å². The van der Waals surface area contributed by atoms with Gasteiger partial charge in [0.05, 0.1) is 18.3 Å². The Morgan fingerprint density at radius 2 is 1.83 bits per heavy atom. The topological polar surface area (TPSA) is 38.7 Å². The summed E-state index contributed by atoms with van der Waals surface area (Å²) < 4.78 is 11.0. The van der Waals surface area contributed by atoms with Crippen molar-refractivity contribution in [3.63, 3.8) is 0 Å². The molecule has 0 radical (unpaired) electrons. The third kappa shape index (κ3) is 4.67. The summed E-state index contributed by atoms with van der Waals surface area (Å²) in [6.45, 7) is 6.66. The molecular formula is C15H24O3. The lowest BCUT2D eigenvalue weighted by Crippen LogP contribution is -2.25. The Balaban J connectivity index is 2.45. The fraction of sp³-hybridized carbons (Fsp3) is 0.600. The average Bonchev–Trinajstić information content (AvgIpc) is 2.38. The van der Waals surface area contributed by atoms with Crippen LogP contribution < -0.4 is 4.74 Å². The van der Waals surface area contributed by atoms with E-state index in [9.17, 15) is 5.11 Å². The summed E-state index contributed by atoms with van der Waals surface area (Å²) >= 11 is 0. The Hall–Kier alpha value is -1.06. The van der Waals surface area contributed by atoms with Gasteiger partial charge in [-0.25, -0.2) is 0 Å². The average molecular weight is 252 g/mol. The van der Waals surface area contributed by atoms with Crippen LogP contribution in [-0.4, -0.2) is 24.4 Å². The van der Waals surface area contributed by atoms with Crippen molar-refractivity contribution in [2.75, 3.05) is 13.7 Å². The van der Waals surface area contributed by atoms with Gasteiger partial charge in [0.2, 0.25) is 0 Å². The van der Waals surface area contributed by atoms with E-state index in [0.717, 1.165) is 24.2 Å². The number of aliphatic hydroxyl groups is 1. The summed E-state index contributed by atoms with van der Waals surface area (Å²) in [5, 5.41) is 9.68. The van der Waals surface area contributed by atoms with Gasteiger partial charge in [-0.15, -0.1) is 0 Å². The molecule has 0 bridgehead atoms. The van der Waals surface area contributed by atoms with E-state index in [-0.39, 0.29) is 11.7 Å². The maximum Gasteiger partial charge on any atom is 0.119 e. The normalized spacial score (nSPS) is 13.4. The fourth-order valence-corrected chi connectivity index (χ4v) is 1.54. The van der Waals surface area contributed by atoms with E-state index in [2.05, 4.69) is 0 Å². The molecule has 0 saturated carbocycles. The zero-order chi connectivity index (χ0) is 13.6. The van der Waals surface area contributed by atoms with E-state index < -0.39 is 0 Å². The first-order valence-electron chi connectivity index (χ1n) is 6.44. The monoisotopic (exact) mass is 252 g/mol. The molecule has 1 atom stereocenters. The van der Waals surface area contributed by atoms with Crippen molar-refractivity contribution in [2.45, 2.75) is 45.3 Å². The van der Waals surface area contributed by atoms with Gasteiger partial charge in [-0.2, -0.15) is 0 Å². The molecule has 0 aliphatic carbocycles. The van der Waals surface area contributed by atoms with Gasteiger partial charge < -0.3 is 14.6 Å². The molecule has 3 nitrogen and oxygen atoms in total. The van der Waals surface area contributed by atoms with E-state index >= 15 is 0 Å². The Kier molecular flexibility index (Phi) is 5.63. The van der Waals surface area contributed by atoms with Gasteiger partial charge >= 0.3 is 0 Å². The standard InChI is InChI=1S/C15H24O3/c1-5-14(16)12-6-8-13(9-7-12)18-11-10-15(2,3)17-4/h6-9,14,16H,5,10-11H2,1-4H3/t14-/m1/s1. The third-order valence-electron chi connectivity index (χ3n) is 3.18. The molecule has 0 amide bonds. The second-order valence-electron chi connectivity index (χ2n) is 5.06. The van der Waals surface area contributed by atoms with E-state index in [1.165, 1.54) is 0 Å². The van der Waals surface area contributed by atoms with Gasteiger partial charge in [-0.05, 0) is 38.0 Å². The molecule has 102 valence electrons. The Morgan fingerprint density at radius 1 is 1.22 bits per heavy atom. The molecule has 1 N–H and O–H groups in total. The van der Waals surface area contributed by atoms with Gasteiger partial charge in [0.25, 0.3) is 0 Å². The van der Waals surface area contributed by atoms with Crippen LogP contribution in [0.2, 0.25) is 0 Å². The Labute approximate surface area is 110 Å². The number of hydrogen-bond acceptors (Lipinski definition) is 3. The van der Waals surface area contributed by atoms with E-state index in [1.54, 1.807) is 7.11 Å². The van der Waals surface area contributed by atoms with Crippen molar-refractivity contribution >= 4 is 0 Å². The molecule has 1 aromatic carbocycles. The summed E-state index contributed by atoms with van der Waals surface area (Å²) in [5.41, 5.74) is 0.778. The second-order valence-corrected chi connectivity index (χ2v) is 5.06. The summed E-state index contributed by atoms with van der Waals surface area (Å²) in [4.78, 5) is 0. The highest BCUT2D eigenvalue weighted by Crippen LogP contribution is 2.20. The van der Waals surface area contributed by atoms with Gasteiger partial charge in [0.15, 0.2) is 0 Å². The molecule has 0 aliphatic heterocycles. The number of aliphatic hydroxyl groups excluding tert-OH is 1. The minimum Gasteiger partial charge on any atom is -0.493 e. The minimum absolute atomic E-state index is 0.154. The predicted octanol–water partition coefficient (Wildman–Crippen LogP) is 3.32. The maximum absolute atomic E-state index is 9.68. The van der Waals surface area contributed by atoms with Crippen molar-refractivity contribution in [3.8, 4) is 5.75 Å². The van der Waals surface area contributed by atoms with Gasteiger partial charge in [-0.3, -0.25) is 0 Å². The summed E-state index contributed by atoms with van der Waals surface area (Å²) in [6.07, 6.45) is 1.18. The van der Waals surface area contributed by atoms with Crippen LogP contribution in [0.15, 0.2) is 24.3 Å².